The Hall–Kier alpha value is -3.91. The number of amides is 2. The minimum absolute atomic E-state index is 0.0638. The van der Waals surface area contributed by atoms with Gasteiger partial charge >= 0.3 is 6.03 Å². The monoisotopic (exact) mass is 479 g/mol. The Morgan fingerprint density at radius 2 is 1.68 bits per heavy atom. The third-order valence-corrected chi connectivity index (χ3v) is 6.34. The summed E-state index contributed by atoms with van der Waals surface area (Å²) in [5, 5.41) is 5.41. The van der Waals surface area contributed by atoms with Crippen molar-refractivity contribution in [1.82, 2.24) is 5.32 Å². The number of hydrogen-bond acceptors (Lipinski definition) is 3. The Morgan fingerprint density at radius 3 is 2.35 bits per heavy atom. The predicted molar refractivity (Wildman–Crippen MR) is 135 cm³/mol. The number of allylic oxidation sites excluding steroid dienone is 3. The van der Waals surface area contributed by atoms with Crippen LogP contribution in [0.1, 0.15) is 19.4 Å². The minimum Gasteiger partial charge on any atom is -0.308 e. The summed E-state index contributed by atoms with van der Waals surface area (Å²) >= 11 is 0. The summed E-state index contributed by atoms with van der Waals surface area (Å²) in [5.74, 6) is -0.365. The lowest BCUT2D eigenvalue weighted by atomic mass is 10.1. The lowest BCUT2D eigenvalue weighted by Gasteiger charge is -2.14. The van der Waals surface area contributed by atoms with E-state index in [4.69, 9.17) is 0 Å². The van der Waals surface area contributed by atoms with E-state index in [1.807, 2.05) is 6.92 Å². The maximum atomic E-state index is 13.2. The van der Waals surface area contributed by atoms with Gasteiger partial charge in [0.25, 0.3) is 10.0 Å². The second-order valence-corrected chi connectivity index (χ2v) is 9.18. The first-order valence-electron chi connectivity index (χ1n) is 10.6. The van der Waals surface area contributed by atoms with Crippen LogP contribution in [0.15, 0.2) is 95.6 Å². The summed E-state index contributed by atoms with van der Waals surface area (Å²) in [6.07, 6.45) is 5.32. The number of carbonyl (C=O) groups is 1. The van der Waals surface area contributed by atoms with Gasteiger partial charge in [-0.3, -0.25) is 4.72 Å². The highest BCUT2D eigenvalue weighted by Gasteiger charge is 2.17. The van der Waals surface area contributed by atoms with Crippen LogP contribution in [0, 0.1) is 12.7 Å². The number of benzene rings is 3. The molecule has 0 unspecified atom stereocenters. The summed E-state index contributed by atoms with van der Waals surface area (Å²) in [5.41, 5.74) is 3.43. The maximum Gasteiger partial charge on any atom is 0.323 e. The number of aryl methyl sites for hydroxylation is 1. The van der Waals surface area contributed by atoms with Gasteiger partial charge in [-0.1, -0.05) is 42.5 Å². The van der Waals surface area contributed by atoms with Crippen LogP contribution in [0.2, 0.25) is 0 Å². The summed E-state index contributed by atoms with van der Waals surface area (Å²) in [6.45, 7) is 5.41. The fraction of sp³-hybridized carbons (Fsp3) is 0.115. The molecule has 0 atom stereocenters. The fourth-order valence-electron chi connectivity index (χ4n) is 3.18. The zero-order chi connectivity index (χ0) is 24.7. The van der Waals surface area contributed by atoms with Crippen molar-refractivity contribution in [1.29, 1.82) is 0 Å². The van der Waals surface area contributed by atoms with Crippen LogP contribution < -0.4 is 15.4 Å². The quantitative estimate of drug-likeness (QED) is 0.353. The molecule has 0 spiro atoms. The van der Waals surface area contributed by atoms with Gasteiger partial charge in [-0.15, -0.1) is 0 Å². The van der Waals surface area contributed by atoms with Gasteiger partial charge in [-0.25, -0.2) is 17.6 Å². The van der Waals surface area contributed by atoms with Crippen molar-refractivity contribution in [3.05, 3.63) is 102 Å². The van der Waals surface area contributed by atoms with Crippen LogP contribution in [0.5, 0.6) is 0 Å². The standard InChI is InChI=1S/C26H26FN3O3S/c1-4-7-22(5-2)28-26(31)29-23-15-10-18(3)25(17-23)30-34(32,33)24-9-6-8-20(16-24)19-11-13-21(27)14-12-19/h4-17,30H,1-3H3,(H2,28,29,31)/b7-4-,22-5+. The van der Waals surface area contributed by atoms with E-state index in [1.54, 1.807) is 74.5 Å². The molecule has 0 fully saturated rings. The first-order chi connectivity index (χ1) is 16.2. The largest absolute Gasteiger partial charge is 0.323 e. The van der Waals surface area contributed by atoms with Crippen LogP contribution in [0.25, 0.3) is 11.1 Å². The van der Waals surface area contributed by atoms with E-state index in [2.05, 4.69) is 15.4 Å². The maximum absolute atomic E-state index is 13.2. The molecule has 0 aliphatic rings. The first kappa shape index (κ1) is 24.7. The molecule has 3 N–H and O–H groups in total. The molecule has 2 amide bonds. The van der Waals surface area contributed by atoms with Crippen molar-refractivity contribution < 1.29 is 17.6 Å². The third kappa shape index (κ3) is 6.32. The van der Waals surface area contributed by atoms with Gasteiger partial charge in [0.1, 0.15) is 5.82 Å². The topological polar surface area (TPSA) is 87.3 Å². The van der Waals surface area contributed by atoms with Crippen molar-refractivity contribution >= 4 is 27.4 Å². The molecule has 0 bridgehead atoms. The summed E-state index contributed by atoms with van der Waals surface area (Å²) < 4.78 is 42.0. The third-order valence-electron chi connectivity index (χ3n) is 4.98. The van der Waals surface area contributed by atoms with E-state index in [0.29, 0.717) is 33.8 Å². The Kier molecular flexibility index (Phi) is 7.86. The van der Waals surface area contributed by atoms with Crippen molar-refractivity contribution in [2.24, 2.45) is 0 Å². The van der Waals surface area contributed by atoms with E-state index in [-0.39, 0.29) is 10.7 Å². The molecule has 0 aromatic heterocycles. The average Bonchev–Trinajstić information content (AvgIpc) is 2.81. The van der Waals surface area contributed by atoms with E-state index < -0.39 is 16.1 Å². The number of sulfonamides is 1. The number of urea groups is 1. The lowest BCUT2D eigenvalue weighted by molar-refractivity contribution is 0.254. The van der Waals surface area contributed by atoms with Crippen LogP contribution in [-0.4, -0.2) is 14.4 Å². The number of rotatable bonds is 7. The molecule has 6 nitrogen and oxygen atoms in total. The molecule has 0 aliphatic heterocycles. The Balaban J connectivity index is 1.81. The van der Waals surface area contributed by atoms with Gasteiger partial charge in [0.15, 0.2) is 0 Å². The van der Waals surface area contributed by atoms with E-state index in [1.165, 1.54) is 24.3 Å². The molecule has 3 aromatic carbocycles. The molecule has 3 aromatic rings. The molecular weight excluding hydrogens is 453 g/mol. The van der Waals surface area contributed by atoms with E-state index in [0.717, 1.165) is 0 Å². The molecule has 3 rings (SSSR count). The summed E-state index contributed by atoms with van der Waals surface area (Å²) in [6, 6.07) is 16.7. The van der Waals surface area contributed by atoms with Gasteiger partial charge < -0.3 is 10.6 Å². The number of hydrogen-bond donors (Lipinski definition) is 3. The molecule has 176 valence electrons. The minimum atomic E-state index is -3.92. The van der Waals surface area contributed by atoms with E-state index >= 15 is 0 Å². The van der Waals surface area contributed by atoms with Gasteiger partial charge in [0, 0.05) is 11.4 Å². The zero-order valence-corrected chi connectivity index (χ0v) is 19.9. The molecule has 0 saturated heterocycles. The van der Waals surface area contributed by atoms with Gasteiger partial charge in [0.05, 0.1) is 10.6 Å². The molecule has 34 heavy (non-hydrogen) atoms. The number of halogens is 1. The molecule has 8 heteroatoms. The van der Waals surface area contributed by atoms with Crippen molar-refractivity contribution in [3.8, 4) is 11.1 Å². The fourth-order valence-corrected chi connectivity index (χ4v) is 4.35. The molecular formula is C26H26FN3O3S. The highest BCUT2D eigenvalue weighted by atomic mass is 32.2. The summed E-state index contributed by atoms with van der Waals surface area (Å²) in [7, 11) is -3.92. The number of nitrogens with one attached hydrogen (secondary N) is 3. The highest BCUT2D eigenvalue weighted by Crippen LogP contribution is 2.26. The van der Waals surface area contributed by atoms with Crippen LogP contribution in [0.4, 0.5) is 20.6 Å². The van der Waals surface area contributed by atoms with E-state index in [9.17, 15) is 17.6 Å². The van der Waals surface area contributed by atoms with Crippen LogP contribution in [0.3, 0.4) is 0 Å². The van der Waals surface area contributed by atoms with Crippen molar-refractivity contribution in [2.75, 3.05) is 10.0 Å². The number of anilines is 2. The highest BCUT2D eigenvalue weighted by molar-refractivity contribution is 7.92. The SMILES string of the molecule is C/C=C\C(=C/C)NC(=O)Nc1ccc(C)c(NS(=O)(=O)c2cccc(-c3ccc(F)cc3)c2)c1. The number of carbonyl (C=O) groups excluding carboxylic acids is 1. The normalized spacial score (nSPS) is 11.9. The Morgan fingerprint density at radius 1 is 0.941 bits per heavy atom. The smallest absolute Gasteiger partial charge is 0.308 e. The predicted octanol–water partition coefficient (Wildman–Crippen LogP) is 6.20. The van der Waals surface area contributed by atoms with Crippen LogP contribution in [-0.2, 0) is 10.0 Å². The molecule has 0 radical (unpaired) electrons. The van der Waals surface area contributed by atoms with Crippen LogP contribution >= 0.6 is 0 Å². The average molecular weight is 480 g/mol. The second-order valence-electron chi connectivity index (χ2n) is 7.49. The zero-order valence-electron chi connectivity index (χ0n) is 19.1. The Labute approximate surface area is 199 Å². The molecule has 0 heterocycles. The summed E-state index contributed by atoms with van der Waals surface area (Å²) in [4.78, 5) is 12.4. The van der Waals surface area contributed by atoms with Gasteiger partial charge in [0.2, 0.25) is 0 Å². The van der Waals surface area contributed by atoms with Crippen molar-refractivity contribution in [3.63, 3.8) is 0 Å². The van der Waals surface area contributed by atoms with Gasteiger partial charge in [-0.05, 0) is 79.9 Å². The Bertz CT molecular complexity index is 1350. The molecule has 0 aliphatic carbocycles. The van der Waals surface area contributed by atoms with Crippen molar-refractivity contribution in [2.45, 2.75) is 25.7 Å². The lowest BCUT2D eigenvalue weighted by Crippen LogP contribution is -2.27. The first-order valence-corrected chi connectivity index (χ1v) is 12.1. The van der Waals surface area contributed by atoms with Gasteiger partial charge in [-0.2, -0.15) is 0 Å². The molecule has 0 saturated carbocycles. The second kappa shape index (κ2) is 10.8.